The Kier molecular flexibility index (Phi) is 5.91. The van der Waals surface area contributed by atoms with Gasteiger partial charge in [0.1, 0.15) is 5.01 Å². The lowest BCUT2D eigenvalue weighted by atomic mass is 10.1. The molecule has 6 heteroatoms. The third kappa shape index (κ3) is 4.54. The van der Waals surface area contributed by atoms with Crippen molar-refractivity contribution >= 4 is 28.9 Å². The maximum Gasteiger partial charge on any atom is 0.337 e. The fourth-order valence-corrected chi connectivity index (χ4v) is 4.09. The van der Waals surface area contributed by atoms with Crippen LogP contribution in [-0.2, 0) is 4.74 Å². The highest BCUT2D eigenvalue weighted by Gasteiger charge is 2.12. The molecule has 0 atom stereocenters. The van der Waals surface area contributed by atoms with Gasteiger partial charge in [-0.2, -0.15) is 0 Å². The molecule has 5 nitrogen and oxygen atoms in total. The average Bonchev–Trinajstić information content (AvgIpc) is 3.29. The topological polar surface area (TPSA) is 68.3 Å². The van der Waals surface area contributed by atoms with Gasteiger partial charge in [0, 0.05) is 27.8 Å². The van der Waals surface area contributed by atoms with Crippen molar-refractivity contribution in [2.45, 2.75) is 6.92 Å². The summed E-state index contributed by atoms with van der Waals surface area (Å²) in [5, 5.41) is 5.87. The van der Waals surface area contributed by atoms with Crippen LogP contribution in [0.3, 0.4) is 0 Å². The number of carbonyl (C=O) groups excluding carboxylic acids is 2. The third-order valence-electron chi connectivity index (χ3n) is 4.86. The van der Waals surface area contributed by atoms with E-state index >= 15 is 0 Å². The number of hydrogen-bond donors (Lipinski definition) is 1. The van der Waals surface area contributed by atoms with E-state index < -0.39 is 5.97 Å². The fraction of sp³-hybridized carbons (Fsp3) is 0.0800. The quantitative estimate of drug-likeness (QED) is 0.407. The molecule has 0 aliphatic carbocycles. The molecule has 4 rings (SSSR count). The summed E-state index contributed by atoms with van der Waals surface area (Å²) in [6, 6.07) is 22.1. The zero-order valence-corrected chi connectivity index (χ0v) is 17.9. The number of anilines is 1. The Morgan fingerprint density at radius 2 is 1.68 bits per heavy atom. The van der Waals surface area contributed by atoms with Gasteiger partial charge in [0.15, 0.2) is 0 Å². The molecule has 4 aromatic rings. The first kappa shape index (κ1) is 20.5. The van der Waals surface area contributed by atoms with Gasteiger partial charge >= 0.3 is 5.97 Å². The molecule has 31 heavy (non-hydrogen) atoms. The summed E-state index contributed by atoms with van der Waals surface area (Å²) >= 11 is 1.61. The fourth-order valence-electron chi connectivity index (χ4n) is 3.18. The van der Waals surface area contributed by atoms with Gasteiger partial charge < -0.3 is 10.1 Å². The Bertz CT molecular complexity index is 1250. The Morgan fingerprint density at radius 3 is 2.42 bits per heavy atom. The van der Waals surface area contributed by atoms with Crippen LogP contribution >= 0.6 is 11.3 Å². The van der Waals surface area contributed by atoms with E-state index in [1.807, 2.05) is 41.8 Å². The van der Waals surface area contributed by atoms with Crippen LogP contribution in [-0.4, -0.2) is 24.0 Å². The first-order chi connectivity index (χ1) is 15.0. The molecule has 0 radical (unpaired) electrons. The van der Waals surface area contributed by atoms with Crippen molar-refractivity contribution in [2.75, 3.05) is 12.4 Å². The molecule has 154 valence electrons. The number of nitrogens with one attached hydrogen (secondary N) is 1. The van der Waals surface area contributed by atoms with E-state index in [1.54, 1.807) is 29.5 Å². The summed E-state index contributed by atoms with van der Waals surface area (Å²) in [4.78, 5) is 29.0. The minimum absolute atomic E-state index is 0.297. The van der Waals surface area contributed by atoms with E-state index in [-0.39, 0.29) is 5.91 Å². The molecular formula is C25H20N2O3S. The van der Waals surface area contributed by atoms with Crippen LogP contribution in [0.1, 0.15) is 26.3 Å². The van der Waals surface area contributed by atoms with Crippen molar-refractivity contribution in [3.63, 3.8) is 0 Å². The molecule has 0 bridgehead atoms. The van der Waals surface area contributed by atoms with E-state index in [0.717, 1.165) is 21.8 Å². The van der Waals surface area contributed by atoms with Gasteiger partial charge in [0.25, 0.3) is 5.91 Å². The van der Waals surface area contributed by atoms with Crippen LogP contribution in [0.4, 0.5) is 5.69 Å². The molecule has 0 saturated carbocycles. The SMILES string of the molecule is COC(=O)c1cccc(C(=O)Nc2ccc(-c3csc(-c4ccccc4C)n3)cc2)c1. The normalized spacial score (nSPS) is 10.5. The second-order valence-electron chi connectivity index (χ2n) is 6.96. The lowest BCUT2D eigenvalue weighted by molar-refractivity contribution is 0.0600. The van der Waals surface area contributed by atoms with Crippen molar-refractivity contribution in [1.29, 1.82) is 0 Å². The predicted molar refractivity (Wildman–Crippen MR) is 123 cm³/mol. The number of thiazole rings is 1. The zero-order valence-electron chi connectivity index (χ0n) is 17.1. The van der Waals surface area contributed by atoms with Crippen LogP contribution in [0, 0.1) is 6.92 Å². The van der Waals surface area contributed by atoms with Gasteiger partial charge in [0.05, 0.1) is 18.4 Å². The van der Waals surface area contributed by atoms with Crippen LogP contribution in [0.2, 0.25) is 0 Å². The Hall–Kier alpha value is -3.77. The van der Waals surface area contributed by atoms with E-state index in [0.29, 0.717) is 16.8 Å². The number of nitrogens with zero attached hydrogens (tertiary/aromatic N) is 1. The molecule has 1 heterocycles. The van der Waals surface area contributed by atoms with E-state index in [9.17, 15) is 9.59 Å². The van der Waals surface area contributed by atoms with Crippen molar-refractivity contribution in [1.82, 2.24) is 4.98 Å². The number of benzene rings is 3. The molecule has 1 amide bonds. The van der Waals surface area contributed by atoms with Gasteiger partial charge in [0.2, 0.25) is 0 Å². The smallest absolute Gasteiger partial charge is 0.337 e. The van der Waals surface area contributed by atoms with E-state index in [1.165, 1.54) is 18.7 Å². The second-order valence-corrected chi connectivity index (χ2v) is 7.81. The highest BCUT2D eigenvalue weighted by molar-refractivity contribution is 7.13. The number of hydrogen-bond acceptors (Lipinski definition) is 5. The number of amides is 1. The molecule has 0 aliphatic rings. The molecule has 0 unspecified atom stereocenters. The Balaban J connectivity index is 1.49. The minimum Gasteiger partial charge on any atom is -0.465 e. The van der Waals surface area contributed by atoms with E-state index in [4.69, 9.17) is 9.72 Å². The summed E-state index contributed by atoms with van der Waals surface area (Å²) in [6.07, 6.45) is 0. The van der Waals surface area contributed by atoms with Gasteiger partial charge in [-0.3, -0.25) is 4.79 Å². The summed E-state index contributed by atoms with van der Waals surface area (Å²) < 4.78 is 4.71. The van der Waals surface area contributed by atoms with Crippen molar-refractivity contribution in [2.24, 2.45) is 0 Å². The molecule has 3 aromatic carbocycles. The lowest BCUT2D eigenvalue weighted by Gasteiger charge is -2.07. The van der Waals surface area contributed by atoms with E-state index in [2.05, 4.69) is 24.4 Å². The van der Waals surface area contributed by atoms with Gasteiger partial charge in [-0.05, 0) is 42.8 Å². The number of rotatable bonds is 5. The number of carbonyl (C=O) groups is 2. The van der Waals surface area contributed by atoms with Crippen LogP contribution in [0.15, 0.2) is 78.2 Å². The monoisotopic (exact) mass is 428 g/mol. The zero-order chi connectivity index (χ0) is 21.8. The maximum absolute atomic E-state index is 12.6. The Morgan fingerprint density at radius 1 is 0.935 bits per heavy atom. The molecule has 0 saturated heterocycles. The maximum atomic E-state index is 12.6. The number of aryl methyl sites for hydroxylation is 1. The molecule has 0 spiro atoms. The highest BCUT2D eigenvalue weighted by atomic mass is 32.1. The number of methoxy groups -OCH3 is 1. The largest absolute Gasteiger partial charge is 0.465 e. The van der Waals surface area contributed by atoms with Crippen molar-refractivity contribution in [3.8, 4) is 21.8 Å². The lowest BCUT2D eigenvalue weighted by Crippen LogP contribution is -2.13. The van der Waals surface area contributed by atoms with Gasteiger partial charge in [-0.25, -0.2) is 9.78 Å². The summed E-state index contributed by atoms with van der Waals surface area (Å²) in [5.74, 6) is -0.777. The van der Waals surface area contributed by atoms with Crippen molar-refractivity contribution in [3.05, 3.63) is 94.9 Å². The van der Waals surface area contributed by atoms with Crippen LogP contribution < -0.4 is 5.32 Å². The highest BCUT2D eigenvalue weighted by Crippen LogP contribution is 2.31. The molecular weight excluding hydrogens is 408 g/mol. The molecule has 0 fully saturated rings. The molecule has 1 N–H and O–H groups in total. The summed E-state index contributed by atoms with van der Waals surface area (Å²) in [6.45, 7) is 2.08. The van der Waals surface area contributed by atoms with Crippen molar-refractivity contribution < 1.29 is 14.3 Å². The third-order valence-corrected chi connectivity index (χ3v) is 5.74. The van der Waals surface area contributed by atoms with Gasteiger partial charge in [-0.1, -0.05) is 42.5 Å². The number of ether oxygens (including phenoxy) is 1. The second kappa shape index (κ2) is 8.93. The first-order valence-electron chi connectivity index (χ1n) is 9.67. The Labute approximate surface area is 184 Å². The first-order valence-corrected chi connectivity index (χ1v) is 10.5. The van der Waals surface area contributed by atoms with Crippen LogP contribution in [0.25, 0.3) is 21.8 Å². The molecule has 0 aliphatic heterocycles. The molecule has 1 aromatic heterocycles. The summed E-state index contributed by atoms with van der Waals surface area (Å²) in [7, 11) is 1.31. The standard InChI is InChI=1S/C25H20N2O3S/c1-16-6-3-4-9-21(16)24-27-22(15-31-24)17-10-12-20(13-11-17)26-23(28)18-7-5-8-19(14-18)25(29)30-2/h3-15H,1-2H3,(H,26,28). The number of esters is 1. The number of aromatic nitrogens is 1. The van der Waals surface area contributed by atoms with Crippen LogP contribution in [0.5, 0.6) is 0 Å². The average molecular weight is 429 g/mol. The predicted octanol–water partition coefficient (Wildman–Crippen LogP) is 5.82. The van der Waals surface area contributed by atoms with Gasteiger partial charge in [-0.15, -0.1) is 11.3 Å². The minimum atomic E-state index is -0.479. The summed E-state index contributed by atoms with van der Waals surface area (Å²) in [5.41, 5.74) is 5.57.